The Bertz CT molecular complexity index is 506. The van der Waals surface area contributed by atoms with Gasteiger partial charge in [-0.25, -0.2) is 4.42 Å². The lowest BCUT2D eigenvalue weighted by atomic mass is 10.2. The molecule has 0 fully saturated rings. The van der Waals surface area contributed by atoms with Gasteiger partial charge in [0, 0.05) is 124 Å². The van der Waals surface area contributed by atoms with Gasteiger partial charge in [-0.05, 0) is 32.3 Å². The summed E-state index contributed by atoms with van der Waals surface area (Å²) in [6.07, 6.45) is 2.60. The van der Waals surface area contributed by atoms with Crippen LogP contribution < -0.4 is 32.7 Å². The topological polar surface area (TPSA) is 130 Å². The number of nitrogens with zero attached hydrogens (tertiary/aromatic N) is 4. The van der Waals surface area contributed by atoms with Crippen molar-refractivity contribution in [1.82, 2.24) is 40.4 Å². The first-order chi connectivity index (χ1) is 18.0. The summed E-state index contributed by atoms with van der Waals surface area (Å²) in [5.74, 6) is 0.146. The first-order valence-corrected chi connectivity index (χ1v) is 14.6. The van der Waals surface area contributed by atoms with Gasteiger partial charge in [0.15, 0.2) is 0 Å². The maximum atomic E-state index is 11.9. The second-order valence-electron chi connectivity index (χ2n) is 9.42. The van der Waals surface area contributed by atoms with Gasteiger partial charge < -0.3 is 32.7 Å². The zero-order valence-corrected chi connectivity index (χ0v) is 24.8. The smallest absolute Gasteiger partial charge is 0.220 e. The summed E-state index contributed by atoms with van der Waals surface area (Å²) in [7, 11) is 3.95. The van der Waals surface area contributed by atoms with Crippen molar-refractivity contribution in [2.24, 2.45) is 11.5 Å². The van der Waals surface area contributed by atoms with Crippen molar-refractivity contribution in [2.45, 2.75) is 26.2 Å². The predicted octanol–water partition coefficient (Wildman–Crippen LogP) is -1.40. The van der Waals surface area contributed by atoms with Crippen LogP contribution in [0.25, 0.3) is 0 Å². The molecular formula is C25H59ClN10O. The van der Waals surface area contributed by atoms with Crippen LogP contribution in [0.3, 0.4) is 0 Å². The van der Waals surface area contributed by atoms with Gasteiger partial charge in [-0.2, -0.15) is 0 Å². The fraction of sp³-hybridized carbons (Fsp3) is 0.960. The van der Waals surface area contributed by atoms with Gasteiger partial charge in [0.25, 0.3) is 0 Å². The minimum absolute atomic E-state index is 0.146. The predicted molar refractivity (Wildman–Crippen MR) is 158 cm³/mol. The van der Waals surface area contributed by atoms with E-state index in [1.807, 2.05) is 18.5 Å². The van der Waals surface area contributed by atoms with Gasteiger partial charge in [-0.15, -0.1) is 0 Å². The number of nitrogens with one attached hydrogen (secondary N) is 4. The molecule has 0 aliphatic heterocycles. The number of amides is 1. The quantitative estimate of drug-likeness (QED) is 0.0511. The van der Waals surface area contributed by atoms with Crippen molar-refractivity contribution < 1.29 is 4.79 Å². The lowest BCUT2D eigenvalue weighted by Crippen LogP contribution is -2.44. The number of carbonyl (C=O) groups is 1. The number of halogens is 1. The monoisotopic (exact) mass is 550 g/mol. The third kappa shape index (κ3) is 23.0. The van der Waals surface area contributed by atoms with E-state index in [1.54, 1.807) is 0 Å². The largest absolute Gasteiger partial charge is 0.355 e. The molecular weight excluding hydrogens is 492 g/mol. The van der Waals surface area contributed by atoms with E-state index in [0.29, 0.717) is 26.1 Å². The molecule has 0 aromatic rings. The molecule has 0 heterocycles. The standard InChI is InChI=1S/C25H59ClN10O/c1-4-5-6-25(37)32-13-18-34(15-10-29-2)21-23-36(26)24-22-35(16-11-30-3)20-19-33(14-8-28)17-12-31-9-7-27/h29-31H,4-24,27-28H2,1-3H3,(H,32,37). The Morgan fingerprint density at radius 2 is 1.19 bits per heavy atom. The van der Waals surface area contributed by atoms with E-state index >= 15 is 0 Å². The summed E-state index contributed by atoms with van der Waals surface area (Å²) in [5, 5.41) is 12.9. The molecule has 0 atom stereocenters. The molecule has 222 valence electrons. The van der Waals surface area contributed by atoms with E-state index in [-0.39, 0.29) is 5.91 Å². The van der Waals surface area contributed by atoms with E-state index in [9.17, 15) is 4.79 Å². The van der Waals surface area contributed by atoms with Gasteiger partial charge in [0.05, 0.1) is 0 Å². The van der Waals surface area contributed by atoms with E-state index in [1.165, 1.54) is 0 Å². The average Bonchev–Trinajstić information content (AvgIpc) is 2.90. The molecule has 11 nitrogen and oxygen atoms in total. The molecule has 1 amide bonds. The number of nitrogens with two attached hydrogens (primary N) is 2. The van der Waals surface area contributed by atoms with Crippen molar-refractivity contribution in [3.63, 3.8) is 0 Å². The molecule has 0 saturated carbocycles. The number of hydrogen-bond donors (Lipinski definition) is 6. The number of hydrogen-bond acceptors (Lipinski definition) is 10. The van der Waals surface area contributed by atoms with Crippen molar-refractivity contribution in [3.05, 3.63) is 0 Å². The Morgan fingerprint density at radius 1 is 0.676 bits per heavy atom. The summed E-state index contributed by atoms with van der Waals surface area (Å²) >= 11 is 6.62. The SMILES string of the molecule is CCCCC(=O)NCCN(CCNC)CCN(Cl)CCN(CCNC)CCN(CCN)CCNCCN. The molecule has 0 spiro atoms. The fourth-order valence-corrected chi connectivity index (χ4v) is 4.02. The summed E-state index contributed by atoms with van der Waals surface area (Å²) in [6.45, 7) is 17.6. The van der Waals surface area contributed by atoms with Gasteiger partial charge in [-0.3, -0.25) is 19.5 Å². The van der Waals surface area contributed by atoms with E-state index in [2.05, 4.69) is 42.9 Å². The van der Waals surface area contributed by atoms with Crippen LogP contribution >= 0.6 is 11.8 Å². The van der Waals surface area contributed by atoms with E-state index < -0.39 is 0 Å². The van der Waals surface area contributed by atoms with Crippen LogP contribution in [-0.2, 0) is 4.79 Å². The summed E-state index contributed by atoms with van der Waals surface area (Å²) in [5.41, 5.74) is 11.4. The Hall–Kier alpha value is -0.600. The molecule has 0 aromatic heterocycles. The van der Waals surface area contributed by atoms with Crippen LogP contribution in [0.5, 0.6) is 0 Å². The molecule has 0 aliphatic rings. The van der Waals surface area contributed by atoms with Crippen molar-refractivity contribution >= 4 is 17.7 Å². The summed E-state index contributed by atoms with van der Waals surface area (Å²) in [4.78, 5) is 19.1. The first kappa shape index (κ1) is 36.4. The second kappa shape index (κ2) is 27.0. The van der Waals surface area contributed by atoms with Gasteiger partial charge in [-0.1, -0.05) is 13.3 Å². The minimum Gasteiger partial charge on any atom is -0.355 e. The molecule has 0 saturated heterocycles. The number of likely N-dealkylation sites (N-methyl/N-ethyl adjacent to an activating group) is 2. The van der Waals surface area contributed by atoms with Crippen LogP contribution in [0.15, 0.2) is 0 Å². The van der Waals surface area contributed by atoms with Crippen molar-refractivity contribution in [1.29, 1.82) is 0 Å². The average molecular weight is 551 g/mol. The van der Waals surface area contributed by atoms with Crippen molar-refractivity contribution in [3.8, 4) is 0 Å². The molecule has 0 radical (unpaired) electrons. The number of unbranched alkanes of at least 4 members (excludes halogenated alkanes) is 1. The summed E-state index contributed by atoms with van der Waals surface area (Å²) < 4.78 is 1.90. The number of rotatable bonds is 28. The second-order valence-corrected chi connectivity index (χ2v) is 9.90. The zero-order chi connectivity index (χ0) is 27.6. The highest BCUT2D eigenvalue weighted by atomic mass is 35.5. The minimum atomic E-state index is 0.146. The van der Waals surface area contributed by atoms with Gasteiger partial charge in [0.2, 0.25) is 5.91 Å². The number of carbonyl (C=O) groups excluding carboxylic acids is 1. The Morgan fingerprint density at radius 3 is 1.73 bits per heavy atom. The van der Waals surface area contributed by atoms with Crippen LogP contribution in [0.4, 0.5) is 0 Å². The van der Waals surface area contributed by atoms with Crippen LogP contribution in [-0.4, -0.2) is 157 Å². The van der Waals surface area contributed by atoms with Gasteiger partial charge >= 0.3 is 0 Å². The van der Waals surface area contributed by atoms with Gasteiger partial charge in [0.1, 0.15) is 0 Å². The highest BCUT2D eigenvalue weighted by molar-refractivity contribution is 6.13. The Kier molecular flexibility index (Phi) is 26.5. The van der Waals surface area contributed by atoms with Crippen LogP contribution in [0.2, 0.25) is 0 Å². The first-order valence-electron chi connectivity index (χ1n) is 14.2. The fourth-order valence-electron chi connectivity index (χ4n) is 3.87. The van der Waals surface area contributed by atoms with Crippen LogP contribution in [0.1, 0.15) is 26.2 Å². The molecule has 0 unspecified atom stereocenters. The maximum Gasteiger partial charge on any atom is 0.220 e. The third-order valence-electron chi connectivity index (χ3n) is 6.29. The lowest BCUT2D eigenvalue weighted by Gasteiger charge is -2.29. The Balaban J connectivity index is 4.51. The lowest BCUT2D eigenvalue weighted by molar-refractivity contribution is -0.121. The zero-order valence-electron chi connectivity index (χ0n) is 24.1. The molecule has 0 aliphatic carbocycles. The molecule has 12 heteroatoms. The normalized spacial score (nSPS) is 11.9. The van der Waals surface area contributed by atoms with E-state index in [0.717, 1.165) is 111 Å². The Labute approximate surface area is 232 Å². The molecule has 8 N–H and O–H groups in total. The molecule has 37 heavy (non-hydrogen) atoms. The highest BCUT2D eigenvalue weighted by Crippen LogP contribution is 2.00. The summed E-state index contributed by atoms with van der Waals surface area (Å²) in [6, 6.07) is 0. The maximum absolute atomic E-state index is 11.9. The molecule has 0 bridgehead atoms. The van der Waals surface area contributed by atoms with E-state index in [4.69, 9.17) is 23.2 Å². The highest BCUT2D eigenvalue weighted by Gasteiger charge is 2.12. The van der Waals surface area contributed by atoms with Crippen molar-refractivity contribution in [2.75, 3.05) is 132 Å². The van der Waals surface area contributed by atoms with Crippen LogP contribution in [0, 0.1) is 0 Å². The molecule has 0 rings (SSSR count). The third-order valence-corrected chi connectivity index (χ3v) is 6.62. The molecule has 0 aromatic carbocycles.